The van der Waals surface area contributed by atoms with Crippen molar-refractivity contribution in [3.8, 4) is 0 Å². The SMILES string of the molecule is CCOC(=O)c1c(C)nc2cc([N+](=O)[O-])ccn12. The molecule has 0 N–H and O–H groups in total. The number of aryl methyl sites for hydroxylation is 1. The average molecular weight is 249 g/mol. The highest BCUT2D eigenvalue weighted by Gasteiger charge is 2.19. The van der Waals surface area contributed by atoms with Crippen LogP contribution in [0.3, 0.4) is 0 Å². The quantitative estimate of drug-likeness (QED) is 0.469. The molecule has 0 fully saturated rings. The third-order valence-electron chi connectivity index (χ3n) is 2.46. The van der Waals surface area contributed by atoms with Gasteiger partial charge in [-0.1, -0.05) is 0 Å². The molecule has 18 heavy (non-hydrogen) atoms. The molecule has 2 aromatic rings. The van der Waals surface area contributed by atoms with E-state index in [2.05, 4.69) is 4.98 Å². The maximum Gasteiger partial charge on any atom is 0.357 e. The normalized spacial score (nSPS) is 10.6. The van der Waals surface area contributed by atoms with Crippen LogP contribution in [0, 0.1) is 17.0 Å². The average Bonchev–Trinajstić information content (AvgIpc) is 2.63. The molecule has 0 amide bonds. The van der Waals surface area contributed by atoms with E-state index < -0.39 is 10.9 Å². The number of esters is 1. The van der Waals surface area contributed by atoms with Gasteiger partial charge in [-0.15, -0.1) is 0 Å². The smallest absolute Gasteiger partial charge is 0.357 e. The van der Waals surface area contributed by atoms with Crippen LogP contribution in [0.1, 0.15) is 23.1 Å². The van der Waals surface area contributed by atoms with Gasteiger partial charge in [0.2, 0.25) is 0 Å². The Morgan fingerprint density at radius 2 is 2.33 bits per heavy atom. The summed E-state index contributed by atoms with van der Waals surface area (Å²) in [5.74, 6) is -0.489. The zero-order valence-corrected chi connectivity index (χ0v) is 9.91. The molecule has 0 atom stereocenters. The maximum atomic E-state index is 11.7. The number of nitro groups is 1. The van der Waals surface area contributed by atoms with E-state index in [1.165, 1.54) is 22.7 Å². The van der Waals surface area contributed by atoms with E-state index in [0.717, 1.165) is 0 Å². The van der Waals surface area contributed by atoms with Crippen molar-refractivity contribution < 1.29 is 14.5 Å². The Morgan fingerprint density at radius 1 is 1.61 bits per heavy atom. The van der Waals surface area contributed by atoms with Crippen molar-refractivity contribution in [2.75, 3.05) is 6.61 Å². The van der Waals surface area contributed by atoms with E-state index in [1.54, 1.807) is 13.8 Å². The van der Waals surface area contributed by atoms with Crippen LogP contribution in [0.5, 0.6) is 0 Å². The van der Waals surface area contributed by atoms with Crippen molar-refractivity contribution in [2.45, 2.75) is 13.8 Å². The number of nitrogens with zero attached hydrogens (tertiary/aromatic N) is 3. The number of rotatable bonds is 3. The largest absolute Gasteiger partial charge is 0.461 e. The van der Waals surface area contributed by atoms with Crippen LogP contribution < -0.4 is 0 Å². The van der Waals surface area contributed by atoms with Gasteiger partial charge in [0.1, 0.15) is 5.65 Å². The van der Waals surface area contributed by atoms with Gasteiger partial charge in [-0.25, -0.2) is 9.78 Å². The minimum Gasteiger partial charge on any atom is -0.461 e. The highest BCUT2D eigenvalue weighted by molar-refractivity contribution is 5.90. The van der Waals surface area contributed by atoms with Crippen molar-refractivity contribution in [1.82, 2.24) is 9.38 Å². The minimum atomic E-state index is -0.506. The number of pyridine rings is 1. The van der Waals surface area contributed by atoms with E-state index in [9.17, 15) is 14.9 Å². The molecule has 0 aliphatic rings. The zero-order chi connectivity index (χ0) is 13.3. The van der Waals surface area contributed by atoms with E-state index in [4.69, 9.17) is 4.74 Å². The molecule has 0 aliphatic carbocycles. The molecule has 0 spiro atoms. The van der Waals surface area contributed by atoms with Crippen molar-refractivity contribution in [1.29, 1.82) is 0 Å². The summed E-state index contributed by atoms with van der Waals surface area (Å²) in [5, 5.41) is 10.6. The Kier molecular flexibility index (Phi) is 2.97. The number of carbonyl (C=O) groups excluding carboxylic acids is 1. The van der Waals surface area contributed by atoms with Crippen molar-refractivity contribution >= 4 is 17.3 Å². The van der Waals surface area contributed by atoms with Crippen LogP contribution in [-0.2, 0) is 4.74 Å². The zero-order valence-electron chi connectivity index (χ0n) is 9.91. The lowest BCUT2D eigenvalue weighted by Crippen LogP contribution is -2.09. The summed E-state index contributed by atoms with van der Waals surface area (Å²) in [4.78, 5) is 26.0. The van der Waals surface area contributed by atoms with E-state index in [1.807, 2.05) is 0 Å². The van der Waals surface area contributed by atoms with Gasteiger partial charge >= 0.3 is 5.97 Å². The summed E-state index contributed by atoms with van der Waals surface area (Å²) in [5.41, 5.74) is 1.06. The van der Waals surface area contributed by atoms with Crippen LogP contribution in [0.25, 0.3) is 5.65 Å². The molecular weight excluding hydrogens is 238 g/mol. The molecule has 0 saturated carbocycles. The predicted octanol–water partition coefficient (Wildman–Crippen LogP) is 1.73. The summed E-state index contributed by atoms with van der Waals surface area (Å²) in [7, 11) is 0. The Labute approximate surface area is 102 Å². The number of hydrogen-bond donors (Lipinski definition) is 0. The van der Waals surface area contributed by atoms with Gasteiger partial charge in [-0.3, -0.25) is 14.5 Å². The van der Waals surface area contributed by atoms with E-state index >= 15 is 0 Å². The number of carbonyl (C=O) groups is 1. The standard InChI is InChI=1S/C11H11N3O4/c1-3-18-11(15)10-7(2)12-9-6-8(14(16)17)4-5-13(9)10/h4-6H,3H2,1-2H3. The molecule has 0 saturated heterocycles. The maximum absolute atomic E-state index is 11.7. The third kappa shape index (κ3) is 1.90. The molecule has 0 aliphatic heterocycles. The highest BCUT2D eigenvalue weighted by atomic mass is 16.6. The third-order valence-corrected chi connectivity index (χ3v) is 2.46. The highest BCUT2D eigenvalue weighted by Crippen LogP contribution is 2.18. The molecule has 2 aromatic heterocycles. The lowest BCUT2D eigenvalue weighted by atomic mass is 10.3. The van der Waals surface area contributed by atoms with Gasteiger partial charge in [0.15, 0.2) is 5.69 Å². The molecule has 7 heteroatoms. The fraction of sp³-hybridized carbons (Fsp3) is 0.273. The Hall–Kier alpha value is -2.44. The first kappa shape index (κ1) is 12.0. The second-order valence-corrected chi connectivity index (χ2v) is 3.64. The number of ether oxygens (including phenoxy) is 1. The van der Waals surface area contributed by atoms with Crippen LogP contribution in [0.4, 0.5) is 5.69 Å². The van der Waals surface area contributed by atoms with Crippen LogP contribution in [-0.4, -0.2) is 26.9 Å². The van der Waals surface area contributed by atoms with Gasteiger partial charge in [0.25, 0.3) is 5.69 Å². The van der Waals surface area contributed by atoms with E-state index in [-0.39, 0.29) is 12.3 Å². The predicted molar refractivity (Wildman–Crippen MR) is 62.5 cm³/mol. The number of fused-ring (bicyclic) bond motifs is 1. The van der Waals surface area contributed by atoms with Crippen molar-refractivity contribution in [3.05, 3.63) is 39.8 Å². The molecule has 0 aromatic carbocycles. The Balaban J connectivity index is 2.59. The van der Waals surface area contributed by atoms with Gasteiger partial charge in [0, 0.05) is 12.3 Å². The van der Waals surface area contributed by atoms with Crippen LogP contribution in [0.15, 0.2) is 18.3 Å². The summed E-state index contributed by atoms with van der Waals surface area (Å²) in [6, 6.07) is 2.63. The number of hydrogen-bond acceptors (Lipinski definition) is 5. The first-order valence-electron chi connectivity index (χ1n) is 5.34. The second kappa shape index (κ2) is 4.44. The fourth-order valence-corrected chi connectivity index (χ4v) is 1.71. The fourth-order valence-electron chi connectivity index (χ4n) is 1.71. The molecule has 0 bridgehead atoms. The van der Waals surface area contributed by atoms with E-state index in [0.29, 0.717) is 17.0 Å². The van der Waals surface area contributed by atoms with Gasteiger partial charge in [-0.2, -0.15) is 0 Å². The second-order valence-electron chi connectivity index (χ2n) is 3.64. The summed E-state index contributed by atoms with van der Waals surface area (Å²) in [6.45, 7) is 3.63. The van der Waals surface area contributed by atoms with Crippen LogP contribution in [0.2, 0.25) is 0 Å². The number of imidazole rings is 1. The monoisotopic (exact) mass is 249 g/mol. The van der Waals surface area contributed by atoms with Gasteiger partial charge in [-0.05, 0) is 13.8 Å². The van der Waals surface area contributed by atoms with Crippen molar-refractivity contribution in [2.24, 2.45) is 0 Å². The van der Waals surface area contributed by atoms with Gasteiger partial charge < -0.3 is 4.74 Å². The lowest BCUT2D eigenvalue weighted by molar-refractivity contribution is -0.384. The summed E-state index contributed by atoms with van der Waals surface area (Å²) >= 11 is 0. The number of aromatic nitrogens is 2. The topological polar surface area (TPSA) is 86.7 Å². The first-order chi connectivity index (χ1) is 8.54. The molecule has 0 radical (unpaired) electrons. The Morgan fingerprint density at radius 3 is 2.94 bits per heavy atom. The Bertz CT molecular complexity index is 632. The van der Waals surface area contributed by atoms with Crippen LogP contribution >= 0.6 is 0 Å². The molecule has 0 unspecified atom stereocenters. The molecule has 2 rings (SSSR count). The lowest BCUT2D eigenvalue weighted by Gasteiger charge is -2.02. The molecular formula is C11H11N3O4. The molecule has 94 valence electrons. The molecule has 7 nitrogen and oxygen atoms in total. The molecule has 2 heterocycles. The summed E-state index contributed by atoms with van der Waals surface area (Å²) < 4.78 is 6.41. The van der Waals surface area contributed by atoms with Gasteiger partial charge in [0.05, 0.1) is 23.3 Å². The van der Waals surface area contributed by atoms with Crippen molar-refractivity contribution in [3.63, 3.8) is 0 Å². The summed E-state index contributed by atoms with van der Waals surface area (Å²) in [6.07, 6.45) is 1.44. The minimum absolute atomic E-state index is 0.0668. The first-order valence-corrected chi connectivity index (χ1v) is 5.34.